The molecule has 3 aromatic rings. The third-order valence-corrected chi connectivity index (χ3v) is 3.80. The maximum absolute atomic E-state index is 11.0. The van der Waals surface area contributed by atoms with Gasteiger partial charge < -0.3 is 16.2 Å². The Balaban J connectivity index is 1.61. The molecule has 1 atom stereocenters. The number of anilines is 1. The van der Waals surface area contributed by atoms with Crippen LogP contribution >= 0.6 is 0 Å². The molecule has 6 heteroatoms. The van der Waals surface area contributed by atoms with E-state index in [4.69, 9.17) is 5.73 Å². The maximum atomic E-state index is 11.0. The van der Waals surface area contributed by atoms with Crippen molar-refractivity contribution < 1.29 is 9.90 Å². The topological polar surface area (TPSA) is 101 Å². The summed E-state index contributed by atoms with van der Waals surface area (Å²) >= 11 is 0. The Bertz CT molecular complexity index is 834. The SMILES string of the molecule is NC(=O)c1ccc(NCC(O)c2ccc(-c3ccccc3)cc2)nn1. The molecule has 1 unspecified atom stereocenters. The highest BCUT2D eigenvalue weighted by Gasteiger charge is 2.09. The molecule has 6 nitrogen and oxygen atoms in total. The van der Waals surface area contributed by atoms with E-state index in [2.05, 4.69) is 15.5 Å². The molecule has 1 aromatic heterocycles. The summed E-state index contributed by atoms with van der Waals surface area (Å²) in [5.74, 6) is -0.164. The van der Waals surface area contributed by atoms with Gasteiger partial charge in [0.2, 0.25) is 0 Å². The van der Waals surface area contributed by atoms with E-state index in [0.717, 1.165) is 16.7 Å². The second kappa shape index (κ2) is 7.55. The Morgan fingerprint density at radius 1 is 0.960 bits per heavy atom. The molecule has 4 N–H and O–H groups in total. The molecule has 1 heterocycles. The monoisotopic (exact) mass is 334 g/mol. The first-order valence-corrected chi connectivity index (χ1v) is 7.84. The number of nitrogens with one attached hydrogen (secondary N) is 1. The number of rotatable bonds is 6. The van der Waals surface area contributed by atoms with Gasteiger partial charge in [-0.2, -0.15) is 0 Å². The molecular weight excluding hydrogens is 316 g/mol. The minimum atomic E-state index is -0.692. The summed E-state index contributed by atoms with van der Waals surface area (Å²) in [4.78, 5) is 11.0. The number of primary amides is 1. The molecule has 3 rings (SSSR count). The number of benzene rings is 2. The fourth-order valence-corrected chi connectivity index (χ4v) is 2.41. The average Bonchev–Trinajstić information content (AvgIpc) is 2.67. The van der Waals surface area contributed by atoms with Crippen molar-refractivity contribution >= 4 is 11.7 Å². The van der Waals surface area contributed by atoms with Crippen molar-refractivity contribution in [2.75, 3.05) is 11.9 Å². The Kier molecular flexibility index (Phi) is 5.01. The van der Waals surface area contributed by atoms with Gasteiger partial charge in [-0.1, -0.05) is 54.6 Å². The van der Waals surface area contributed by atoms with Gasteiger partial charge in [0.15, 0.2) is 5.69 Å². The highest BCUT2D eigenvalue weighted by Crippen LogP contribution is 2.22. The zero-order valence-electron chi connectivity index (χ0n) is 13.5. The summed E-state index contributed by atoms with van der Waals surface area (Å²) in [6.07, 6.45) is -0.692. The maximum Gasteiger partial charge on any atom is 0.269 e. The lowest BCUT2D eigenvalue weighted by Crippen LogP contribution is -2.16. The third-order valence-electron chi connectivity index (χ3n) is 3.80. The van der Waals surface area contributed by atoms with Crippen molar-refractivity contribution in [3.05, 3.63) is 78.0 Å². The predicted molar refractivity (Wildman–Crippen MR) is 95.9 cm³/mol. The predicted octanol–water partition coefficient (Wildman–Crippen LogP) is 2.39. The van der Waals surface area contributed by atoms with Crippen molar-refractivity contribution in [2.24, 2.45) is 5.73 Å². The molecule has 0 saturated carbocycles. The lowest BCUT2D eigenvalue weighted by atomic mass is 10.0. The summed E-state index contributed by atoms with van der Waals surface area (Å²) in [7, 11) is 0. The second-order valence-corrected chi connectivity index (χ2v) is 5.55. The number of carbonyl (C=O) groups is 1. The number of nitrogens with two attached hydrogens (primary N) is 1. The second-order valence-electron chi connectivity index (χ2n) is 5.55. The molecule has 0 aliphatic rings. The number of aliphatic hydroxyl groups is 1. The molecule has 0 saturated heterocycles. The lowest BCUT2D eigenvalue weighted by Gasteiger charge is -2.13. The van der Waals surface area contributed by atoms with Crippen molar-refractivity contribution in [2.45, 2.75) is 6.10 Å². The van der Waals surface area contributed by atoms with Gasteiger partial charge in [-0.05, 0) is 28.8 Å². The van der Waals surface area contributed by atoms with Crippen molar-refractivity contribution in [1.82, 2.24) is 10.2 Å². The molecule has 2 aromatic carbocycles. The van der Waals surface area contributed by atoms with Crippen LogP contribution in [0.25, 0.3) is 11.1 Å². The molecule has 126 valence electrons. The van der Waals surface area contributed by atoms with E-state index in [-0.39, 0.29) is 12.2 Å². The van der Waals surface area contributed by atoms with E-state index in [9.17, 15) is 9.90 Å². The van der Waals surface area contributed by atoms with Crippen LogP contribution in [0, 0.1) is 0 Å². The first kappa shape index (κ1) is 16.6. The van der Waals surface area contributed by atoms with E-state index in [1.807, 2.05) is 54.6 Å². The number of hydrogen-bond acceptors (Lipinski definition) is 5. The van der Waals surface area contributed by atoms with Crippen LogP contribution in [0.1, 0.15) is 22.2 Å². The number of hydrogen-bond donors (Lipinski definition) is 3. The van der Waals surface area contributed by atoms with Gasteiger partial charge in [0, 0.05) is 6.54 Å². The molecule has 0 aliphatic carbocycles. The Labute approximate surface area is 145 Å². The van der Waals surface area contributed by atoms with E-state index < -0.39 is 12.0 Å². The molecule has 0 fully saturated rings. The van der Waals surface area contributed by atoms with Crippen LogP contribution in [0.4, 0.5) is 5.82 Å². The van der Waals surface area contributed by atoms with E-state index >= 15 is 0 Å². The van der Waals surface area contributed by atoms with Gasteiger partial charge in [0.25, 0.3) is 5.91 Å². The summed E-state index contributed by atoms with van der Waals surface area (Å²) in [6.45, 7) is 0.273. The lowest BCUT2D eigenvalue weighted by molar-refractivity contribution is 0.0994. The molecule has 0 radical (unpaired) electrons. The largest absolute Gasteiger partial charge is 0.387 e. The Morgan fingerprint density at radius 2 is 1.64 bits per heavy atom. The van der Waals surface area contributed by atoms with Crippen LogP contribution in [0.5, 0.6) is 0 Å². The normalized spacial score (nSPS) is 11.7. The van der Waals surface area contributed by atoms with Gasteiger partial charge >= 0.3 is 0 Å². The number of aromatic nitrogens is 2. The number of carbonyl (C=O) groups excluding carboxylic acids is 1. The fourth-order valence-electron chi connectivity index (χ4n) is 2.41. The fraction of sp³-hybridized carbons (Fsp3) is 0.105. The van der Waals surface area contributed by atoms with Gasteiger partial charge in [-0.25, -0.2) is 0 Å². The molecule has 1 amide bonds. The van der Waals surface area contributed by atoms with Crippen molar-refractivity contribution in [3.63, 3.8) is 0 Å². The minimum absolute atomic E-state index is 0.0996. The summed E-state index contributed by atoms with van der Waals surface area (Å²) in [6, 6.07) is 20.9. The van der Waals surface area contributed by atoms with Crippen LogP contribution in [-0.4, -0.2) is 27.8 Å². The minimum Gasteiger partial charge on any atom is -0.387 e. The van der Waals surface area contributed by atoms with E-state index in [0.29, 0.717) is 5.82 Å². The molecule has 0 bridgehead atoms. The highest BCUT2D eigenvalue weighted by atomic mass is 16.3. The van der Waals surface area contributed by atoms with Crippen molar-refractivity contribution in [1.29, 1.82) is 0 Å². The molecular formula is C19H18N4O2. The van der Waals surface area contributed by atoms with Crippen LogP contribution in [0.3, 0.4) is 0 Å². The summed E-state index contributed by atoms with van der Waals surface area (Å²) in [5, 5.41) is 20.8. The van der Waals surface area contributed by atoms with Gasteiger partial charge in [-0.15, -0.1) is 10.2 Å². The Morgan fingerprint density at radius 3 is 2.24 bits per heavy atom. The van der Waals surface area contributed by atoms with Crippen LogP contribution in [0.15, 0.2) is 66.7 Å². The summed E-state index contributed by atoms with van der Waals surface area (Å²) in [5.41, 5.74) is 8.24. The van der Waals surface area contributed by atoms with Crippen LogP contribution in [-0.2, 0) is 0 Å². The third kappa shape index (κ3) is 4.19. The number of nitrogens with zero attached hydrogens (tertiary/aromatic N) is 2. The zero-order valence-corrected chi connectivity index (χ0v) is 13.5. The van der Waals surface area contributed by atoms with Crippen LogP contribution < -0.4 is 11.1 Å². The van der Waals surface area contributed by atoms with E-state index in [1.54, 1.807) is 6.07 Å². The summed E-state index contributed by atoms with van der Waals surface area (Å²) < 4.78 is 0. The highest BCUT2D eigenvalue weighted by molar-refractivity contribution is 5.90. The average molecular weight is 334 g/mol. The Hall–Kier alpha value is -3.25. The van der Waals surface area contributed by atoms with Gasteiger partial charge in [-0.3, -0.25) is 4.79 Å². The first-order chi connectivity index (χ1) is 12.1. The molecule has 25 heavy (non-hydrogen) atoms. The van der Waals surface area contributed by atoms with Gasteiger partial charge in [0.05, 0.1) is 6.10 Å². The van der Waals surface area contributed by atoms with Crippen LogP contribution in [0.2, 0.25) is 0 Å². The zero-order chi connectivity index (χ0) is 17.6. The van der Waals surface area contributed by atoms with Crippen molar-refractivity contribution in [3.8, 4) is 11.1 Å². The number of aliphatic hydroxyl groups excluding tert-OH is 1. The standard InChI is InChI=1S/C19H18N4O2/c20-19(25)16-10-11-18(23-22-16)21-12-17(24)15-8-6-14(7-9-15)13-4-2-1-3-5-13/h1-11,17,24H,12H2,(H2,20,25)(H,21,23). The van der Waals surface area contributed by atoms with E-state index in [1.165, 1.54) is 6.07 Å². The van der Waals surface area contributed by atoms with Gasteiger partial charge in [0.1, 0.15) is 5.82 Å². The molecule has 0 aliphatic heterocycles. The quantitative estimate of drug-likeness (QED) is 0.642. The first-order valence-electron chi connectivity index (χ1n) is 7.84. The molecule has 0 spiro atoms. The smallest absolute Gasteiger partial charge is 0.269 e. The number of amides is 1.